The smallest absolute Gasteiger partial charge is 0.255 e. The van der Waals surface area contributed by atoms with Crippen LogP contribution < -0.4 is 5.32 Å². The van der Waals surface area contributed by atoms with Crippen LogP contribution in [-0.4, -0.2) is 52.8 Å². The van der Waals surface area contributed by atoms with E-state index < -0.39 is 5.60 Å². The number of phenols is 1. The van der Waals surface area contributed by atoms with E-state index in [2.05, 4.69) is 34.5 Å². The molecule has 0 atom stereocenters. The maximum absolute atomic E-state index is 12.2. The number of benzene rings is 2. The third kappa shape index (κ3) is 4.84. The van der Waals surface area contributed by atoms with Gasteiger partial charge in [0.1, 0.15) is 5.75 Å². The average Bonchev–Trinajstić information content (AvgIpc) is 2.67. The lowest BCUT2D eigenvalue weighted by Gasteiger charge is -2.38. The zero-order valence-corrected chi connectivity index (χ0v) is 14.9. The summed E-state index contributed by atoms with van der Waals surface area (Å²) in [6.07, 6.45) is 2.26. The van der Waals surface area contributed by atoms with Gasteiger partial charge < -0.3 is 20.4 Å². The Labute approximate surface area is 154 Å². The number of phenolic OH excluding ortho intramolecular Hbond substituents is 1. The number of piperidine rings is 1. The summed E-state index contributed by atoms with van der Waals surface area (Å²) in [4.78, 5) is 14.5. The number of nitrogens with zero attached hydrogens (tertiary/aromatic N) is 1. The number of carbonyl (C=O) groups is 1. The Balaban J connectivity index is 1.44. The summed E-state index contributed by atoms with van der Waals surface area (Å²) < 4.78 is 0. The number of likely N-dealkylation sites (tertiary alicyclic amines) is 1. The summed E-state index contributed by atoms with van der Waals surface area (Å²) in [7, 11) is 0. The van der Waals surface area contributed by atoms with Crippen LogP contribution in [0.25, 0.3) is 0 Å². The molecule has 5 heteroatoms. The minimum Gasteiger partial charge on any atom is -0.507 e. The lowest BCUT2D eigenvalue weighted by Crippen LogP contribution is -2.51. The molecule has 26 heavy (non-hydrogen) atoms. The Hall–Kier alpha value is -2.37. The lowest BCUT2D eigenvalue weighted by molar-refractivity contribution is -0.0187. The van der Waals surface area contributed by atoms with Gasteiger partial charge in [0.2, 0.25) is 0 Å². The van der Waals surface area contributed by atoms with Crippen LogP contribution in [0, 0.1) is 0 Å². The molecular formula is C21H26N2O3. The summed E-state index contributed by atoms with van der Waals surface area (Å²) in [5, 5.41) is 23.2. The van der Waals surface area contributed by atoms with Crippen LogP contribution in [0.4, 0.5) is 0 Å². The van der Waals surface area contributed by atoms with Gasteiger partial charge in [0.25, 0.3) is 5.91 Å². The molecule has 2 aromatic carbocycles. The van der Waals surface area contributed by atoms with E-state index in [-0.39, 0.29) is 23.8 Å². The van der Waals surface area contributed by atoms with Crippen LogP contribution in [0.2, 0.25) is 0 Å². The Kier molecular flexibility index (Phi) is 5.91. The predicted molar refractivity (Wildman–Crippen MR) is 101 cm³/mol. The Bertz CT molecular complexity index is 725. The summed E-state index contributed by atoms with van der Waals surface area (Å²) in [6, 6.07) is 16.8. The molecule has 1 heterocycles. The van der Waals surface area contributed by atoms with Gasteiger partial charge in [-0.15, -0.1) is 0 Å². The van der Waals surface area contributed by atoms with Crippen molar-refractivity contribution in [2.75, 3.05) is 26.2 Å². The third-order valence-electron chi connectivity index (χ3n) is 5.07. The molecule has 5 nitrogen and oxygen atoms in total. The quantitative estimate of drug-likeness (QED) is 0.744. The molecule has 1 saturated heterocycles. The van der Waals surface area contributed by atoms with E-state index in [0.717, 1.165) is 26.1 Å². The summed E-state index contributed by atoms with van der Waals surface area (Å²) >= 11 is 0. The molecule has 138 valence electrons. The fourth-order valence-corrected chi connectivity index (χ4v) is 3.31. The number of hydrogen-bond donors (Lipinski definition) is 3. The molecular weight excluding hydrogens is 328 g/mol. The van der Waals surface area contributed by atoms with E-state index in [4.69, 9.17) is 0 Å². The van der Waals surface area contributed by atoms with Crippen molar-refractivity contribution in [3.05, 3.63) is 65.7 Å². The van der Waals surface area contributed by atoms with Gasteiger partial charge in [-0.25, -0.2) is 0 Å². The van der Waals surface area contributed by atoms with Gasteiger partial charge in [-0.05, 0) is 37.0 Å². The summed E-state index contributed by atoms with van der Waals surface area (Å²) in [5.41, 5.74) is 0.670. The van der Waals surface area contributed by atoms with E-state index in [9.17, 15) is 15.0 Å². The number of rotatable bonds is 6. The molecule has 3 rings (SSSR count). The normalized spacial score (nSPS) is 17.0. The fourth-order valence-electron chi connectivity index (χ4n) is 3.31. The highest BCUT2D eigenvalue weighted by Gasteiger charge is 2.32. The van der Waals surface area contributed by atoms with Gasteiger partial charge in [0.05, 0.1) is 11.2 Å². The standard InChI is InChI=1S/C21H26N2O3/c24-19-9-5-4-8-18(19)20(25)22-16-21(26)11-14-23(15-12-21)13-10-17-6-2-1-3-7-17/h1-9,24,26H,10-16H2,(H,22,25). The average molecular weight is 354 g/mol. The summed E-state index contributed by atoms with van der Waals surface area (Å²) in [5.74, 6) is -0.407. The first-order valence-corrected chi connectivity index (χ1v) is 9.11. The number of carbonyl (C=O) groups excluding carboxylic acids is 1. The van der Waals surface area contributed by atoms with Gasteiger partial charge >= 0.3 is 0 Å². The molecule has 0 bridgehead atoms. The van der Waals surface area contributed by atoms with Crippen LogP contribution >= 0.6 is 0 Å². The highest BCUT2D eigenvalue weighted by atomic mass is 16.3. The van der Waals surface area contributed by atoms with Crippen LogP contribution in [0.5, 0.6) is 5.75 Å². The second-order valence-electron chi connectivity index (χ2n) is 7.00. The zero-order valence-electron chi connectivity index (χ0n) is 14.9. The SMILES string of the molecule is O=C(NCC1(O)CCN(CCc2ccccc2)CC1)c1ccccc1O. The largest absolute Gasteiger partial charge is 0.507 e. The first-order chi connectivity index (χ1) is 12.6. The van der Waals surface area contributed by atoms with Gasteiger partial charge in [0, 0.05) is 26.2 Å². The van der Waals surface area contributed by atoms with Gasteiger partial charge in [-0.1, -0.05) is 42.5 Å². The van der Waals surface area contributed by atoms with Crippen molar-refractivity contribution in [1.82, 2.24) is 10.2 Å². The maximum atomic E-state index is 12.2. The monoisotopic (exact) mass is 354 g/mol. The summed E-state index contributed by atoms with van der Waals surface area (Å²) in [6.45, 7) is 2.81. The van der Waals surface area contributed by atoms with Crippen molar-refractivity contribution < 1.29 is 15.0 Å². The molecule has 0 radical (unpaired) electrons. The number of hydrogen-bond acceptors (Lipinski definition) is 4. The first kappa shape index (κ1) is 18.4. The van der Waals surface area contributed by atoms with E-state index >= 15 is 0 Å². The van der Waals surface area contributed by atoms with Crippen LogP contribution in [0.15, 0.2) is 54.6 Å². The topological polar surface area (TPSA) is 72.8 Å². The minimum atomic E-state index is -0.886. The van der Waals surface area contributed by atoms with Gasteiger partial charge in [-0.3, -0.25) is 4.79 Å². The van der Waals surface area contributed by atoms with Crippen molar-refractivity contribution in [1.29, 1.82) is 0 Å². The van der Waals surface area contributed by atoms with Crippen molar-refractivity contribution in [3.8, 4) is 5.75 Å². The minimum absolute atomic E-state index is 0.0484. The van der Waals surface area contributed by atoms with Crippen LogP contribution in [0.1, 0.15) is 28.8 Å². The number of nitrogens with one attached hydrogen (secondary N) is 1. The van der Waals surface area contributed by atoms with E-state index in [1.54, 1.807) is 18.2 Å². The van der Waals surface area contributed by atoms with Crippen molar-refractivity contribution in [3.63, 3.8) is 0 Å². The van der Waals surface area contributed by atoms with Crippen molar-refractivity contribution in [2.45, 2.75) is 24.9 Å². The first-order valence-electron chi connectivity index (χ1n) is 9.11. The Morgan fingerprint density at radius 3 is 2.38 bits per heavy atom. The van der Waals surface area contributed by atoms with Crippen LogP contribution in [-0.2, 0) is 6.42 Å². The second kappa shape index (κ2) is 8.34. The second-order valence-corrected chi connectivity index (χ2v) is 7.00. The van der Waals surface area contributed by atoms with Gasteiger partial charge in [-0.2, -0.15) is 0 Å². The molecule has 0 spiro atoms. The molecule has 0 aliphatic carbocycles. The highest BCUT2D eigenvalue weighted by Crippen LogP contribution is 2.22. The zero-order chi connectivity index (χ0) is 18.4. The molecule has 1 aliphatic rings. The van der Waals surface area contributed by atoms with Crippen molar-refractivity contribution in [2.24, 2.45) is 0 Å². The predicted octanol–water partition coefficient (Wildman–Crippen LogP) is 2.19. The molecule has 3 N–H and O–H groups in total. The molecule has 0 unspecified atom stereocenters. The fraction of sp³-hybridized carbons (Fsp3) is 0.381. The van der Waals surface area contributed by atoms with E-state index in [0.29, 0.717) is 12.8 Å². The lowest BCUT2D eigenvalue weighted by atomic mass is 9.91. The molecule has 1 aliphatic heterocycles. The number of amides is 1. The molecule has 1 fully saturated rings. The Morgan fingerprint density at radius 2 is 1.69 bits per heavy atom. The van der Waals surface area contributed by atoms with E-state index in [1.807, 2.05) is 6.07 Å². The third-order valence-corrected chi connectivity index (χ3v) is 5.07. The van der Waals surface area contributed by atoms with Crippen LogP contribution in [0.3, 0.4) is 0 Å². The number of aromatic hydroxyl groups is 1. The van der Waals surface area contributed by atoms with Gasteiger partial charge in [0.15, 0.2) is 0 Å². The maximum Gasteiger partial charge on any atom is 0.255 e. The Morgan fingerprint density at radius 1 is 1.04 bits per heavy atom. The van der Waals surface area contributed by atoms with Crippen molar-refractivity contribution >= 4 is 5.91 Å². The number of para-hydroxylation sites is 1. The number of aliphatic hydroxyl groups is 1. The molecule has 2 aromatic rings. The van der Waals surface area contributed by atoms with E-state index in [1.165, 1.54) is 11.6 Å². The molecule has 0 aromatic heterocycles. The molecule has 0 saturated carbocycles. The highest BCUT2D eigenvalue weighted by molar-refractivity contribution is 5.96. The molecule has 1 amide bonds.